The second kappa shape index (κ2) is 7.70. The third-order valence-electron chi connectivity index (χ3n) is 4.28. The van der Waals surface area contributed by atoms with Gasteiger partial charge in [0.1, 0.15) is 0 Å². The molecule has 1 aromatic carbocycles. The maximum absolute atomic E-state index is 12.5. The van der Waals surface area contributed by atoms with Crippen LogP contribution >= 0.6 is 27.7 Å². The Morgan fingerprint density at radius 3 is 2.79 bits per heavy atom. The SMILES string of the molecule is C[C@@H]1CCC[C@@H](C)N1C(=O)CSc1nnc(-c2cccc(Br)c2)o1. The second-order valence-corrected chi connectivity index (χ2v) is 7.94. The highest BCUT2D eigenvalue weighted by molar-refractivity contribution is 9.10. The molecule has 1 amide bonds. The van der Waals surface area contributed by atoms with E-state index in [1.54, 1.807) is 0 Å². The van der Waals surface area contributed by atoms with Gasteiger partial charge in [-0.1, -0.05) is 33.8 Å². The fraction of sp³-hybridized carbons (Fsp3) is 0.471. The summed E-state index contributed by atoms with van der Waals surface area (Å²) in [5, 5.41) is 8.53. The molecule has 0 aliphatic carbocycles. The molecule has 3 rings (SSSR count). The zero-order chi connectivity index (χ0) is 17.1. The Morgan fingerprint density at radius 1 is 1.33 bits per heavy atom. The Hall–Kier alpha value is -1.34. The van der Waals surface area contributed by atoms with Crippen LogP contribution in [0.2, 0.25) is 0 Å². The van der Waals surface area contributed by atoms with Crippen LogP contribution in [-0.4, -0.2) is 38.8 Å². The molecule has 2 aromatic rings. The molecule has 128 valence electrons. The molecular formula is C17H20BrN3O2S. The maximum atomic E-state index is 12.5. The van der Waals surface area contributed by atoms with Gasteiger partial charge in [0.2, 0.25) is 11.8 Å². The van der Waals surface area contributed by atoms with E-state index in [1.807, 2.05) is 29.2 Å². The number of likely N-dealkylation sites (tertiary alicyclic amines) is 1. The van der Waals surface area contributed by atoms with Crippen molar-refractivity contribution < 1.29 is 9.21 Å². The van der Waals surface area contributed by atoms with E-state index >= 15 is 0 Å². The van der Waals surface area contributed by atoms with Gasteiger partial charge in [0, 0.05) is 22.1 Å². The van der Waals surface area contributed by atoms with Crippen LogP contribution in [0.1, 0.15) is 33.1 Å². The van der Waals surface area contributed by atoms with Gasteiger partial charge < -0.3 is 9.32 Å². The predicted molar refractivity (Wildman–Crippen MR) is 97.8 cm³/mol. The number of benzene rings is 1. The zero-order valence-corrected chi connectivity index (χ0v) is 16.1. The number of hydrogen-bond donors (Lipinski definition) is 0. The topological polar surface area (TPSA) is 59.2 Å². The molecule has 0 N–H and O–H groups in total. The number of thioether (sulfide) groups is 1. The highest BCUT2D eigenvalue weighted by Gasteiger charge is 2.29. The fourth-order valence-corrected chi connectivity index (χ4v) is 4.15. The molecule has 0 spiro atoms. The van der Waals surface area contributed by atoms with Crippen molar-refractivity contribution in [2.75, 3.05) is 5.75 Å². The van der Waals surface area contributed by atoms with E-state index in [1.165, 1.54) is 18.2 Å². The van der Waals surface area contributed by atoms with Crippen molar-refractivity contribution in [3.8, 4) is 11.5 Å². The van der Waals surface area contributed by atoms with Gasteiger partial charge in [-0.25, -0.2) is 0 Å². The molecule has 24 heavy (non-hydrogen) atoms. The van der Waals surface area contributed by atoms with E-state index in [0.29, 0.717) is 29.0 Å². The van der Waals surface area contributed by atoms with Crippen LogP contribution in [0.5, 0.6) is 0 Å². The van der Waals surface area contributed by atoms with Gasteiger partial charge in [-0.15, -0.1) is 10.2 Å². The Labute approximate surface area is 154 Å². The van der Waals surface area contributed by atoms with Crippen LogP contribution in [-0.2, 0) is 4.79 Å². The van der Waals surface area contributed by atoms with Crippen LogP contribution in [0.15, 0.2) is 38.4 Å². The van der Waals surface area contributed by atoms with Gasteiger partial charge in [0.25, 0.3) is 5.22 Å². The highest BCUT2D eigenvalue weighted by Crippen LogP contribution is 2.27. The number of aromatic nitrogens is 2. The Balaban J connectivity index is 1.62. The molecule has 0 saturated carbocycles. The van der Waals surface area contributed by atoms with Crippen LogP contribution in [0, 0.1) is 0 Å². The monoisotopic (exact) mass is 409 g/mol. The molecule has 1 aliphatic heterocycles. The lowest BCUT2D eigenvalue weighted by molar-refractivity contribution is -0.134. The average Bonchev–Trinajstić information content (AvgIpc) is 3.02. The van der Waals surface area contributed by atoms with Crippen molar-refractivity contribution in [2.45, 2.75) is 50.4 Å². The minimum Gasteiger partial charge on any atom is -0.411 e. The standard InChI is InChI=1S/C17H20BrN3O2S/c1-11-5-3-6-12(2)21(11)15(22)10-24-17-20-19-16(23-17)13-7-4-8-14(18)9-13/h4,7-9,11-12H,3,5-6,10H2,1-2H3/t11-,12-/m1/s1. The van der Waals surface area contributed by atoms with E-state index in [-0.39, 0.29) is 5.91 Å². The summed E-state index contributed by atoms with van der Waals surface area (Å²) in [6.45, 7) is 4.24. The molecule has 1 fully saturated rings. The molecule has 2 atom stereocenters. The second-order valence-electron chi connectivity index (χ2n) is 6.10. The van der Waals surface area contributed by atoms with E-state index < -0.39 is 0 Å². The lowest BCUT2D eigenvalue weighted by Gasteiger charge is -2.39. The number of halogens is 1. The third kappa shape index (κ3) is 4.00. The number of carbonyl (C=O) groups excluding carboxylic acids is 1. The van der Waals surface area contributed by atoms with Crippen molar-refractivity contribution >= 4 is 33.6 Å². The molecule has 7 heteroatoms. The van der Waals surface area contributed by atoms with Crippen molar-refractivity contribution in [3.63, 3.8) is 0 Å². The van der Waals surface area contributed by atoms with Gasteiger partial charge in [0.05, 0.1) is 5.75 Å². The first-order chi connectivity index (χ1) is 11.5. The number of carbonyl (C=O) groups is 1. The molecule has 0 radical (unpaired) electrons. The summed E-state index contributed by atoms with van der Waals surface area (Å²) >= 11 is 4.73. The molecule has 5 nitrogen and oxygen atoms in total. The van der Waals surface area contributed by atoms with Gasteiger partial charge in [-0.3, -0.25) is 4.79 Å². The van der Waals surface area contributed by atoms with Gasteiger partial charge in [0.15, 0.2) is 0 Å². The summed E-state index contributed by atoms with van der Waals surface area (Å²) in [5.74, 6) is 0.933. The van der Waals surface area contributed by atoms with E-state index in [9.17, 15) is 4.79 Å². The fourth-order valence-electron chi connectivity index (χ4n) is 3.12. The molecule has 1 aromatic heterocycles. The minimum absolute atomic E-state index is 0.141. The smallest absolute Gasteiger partial charge is 0.277 e. The number of nitrogens with zero attached hydrogens (tertiary/aromatic N) is 3. The molecule has 0 bridgehead atoms. The first-order valence-corrected chi connectivity index (χ1v) is 9.86. The predicted octanol–water partition coefficient (Wildman–Crippen LogP) is 4.38. The summed E-state index contributed by atoms with van der Waals surface area (Å²) in [6, 6.07) is 8.30. The summed E-state index contributed by atoms with van der Waals surface area (Å²) < 4.78 is 6.62. The van der Waals surface area contributed by atoms with E-state index in [0.717, 1.165) is 22.9 Å². The van der Waals surface area contributed by atoms with Gasteiger partial charge in [-0.05, 0) is 51.3 Å². The summed E-state index contributed by atoms with van der Waals surface area (Å²) in [4.78, 5) is 14.5. The largest absolute Gasteiger partial charge is 0.411 e. The quantitative estimate of drug-likeness (QED) is 0.701. The van der Waals surface area contributed by atoms with Crippen LogP contribution in [0.3, 0.4) is 0 Å². The zero-order valence-electron chi connectivity index (χ0n) is 13.7. The van der Waals surface area contributed by atoms with Crippen LogP contribution in [0.25, 0.3) is 11.5 Å². The molecule has 0 unspecified atom stereocenters. The Kier molecular flexibility index (Phi) is 5.61. The van der Waals surface area contributed by atoms with Crippen LogP contribution < -0.4 is 0 Å². The number of amides is 1. The summed E-state index contributed by atoms with van der Waals surface area (Å²) in [5.41, 5.74) is 0.855. The lowest BCUT2D eigenvalue weighted by atomic mass is 9.98. The molecule has 1 saturated heterocycles. The number of piperidine rings is 1. The summed E-state index contributed by atoms with van der Waals surface area (Å²) in [7, 11) is 0. The average molecular weight is 410 g/mol. The maximum Gasteiger partial charge on any atom is 0.277 e. The minimum atomic E-state index is 0.141. The Morgan fingerprint density at radius 2 is 2.08 bits per heavy atom. The van der Waals surface area contributed by atoms with Crippen molar-refractivity contribution in [2.24, 2.45) is 0 Å². The molecule has 1 aliphatic rings. The number of hydrogen-bond acceptors (Lipinski definition) is 5. The normalized spacial score (nSPS) is 21.0. The van der Waals surface area contributed by atoms with E-state index in [4.69, 9.17) is 4.42 Å². The lowest BCUT2D eigenvalue weighted by Crippen LogP contribution is -2.48. The van der Waals surface area contributed by atoms with Crippen molar-refractivity contribution in [3.05, 3.63) is 28.7 Å². The van der Waals surface area contributed by atoms with Gasteiger partial charge >= 0.3 is 0 Å². The van der Waals surface area contributed by atoms with Crippen molar-refractivity contribution in [1.29, 1.82) is 0 Å². The third-order valence-corrected chi connectivity index (χ3v) is 5.58. The number of rotatable bonds is 4. The van der Waals surface area contributed by atoms with Gasteiger partial charge in [-0.2, -0.15) is 0 Å². The van der Waals surface area contributed by atoms with E-state index in [2.05, 4.69) is 40.0 Å². The first kappa shape index (κ1) is 17.5. The first-order valence-electron chi connectivity index (χ1n) is 8.08. The molecule has 2 heterocycles. The summed E-state index contributed by atoms with van der Waals surface area (Å²) in [6.07, 6.45) is 3.35. The molecular weight excluding hydrogens is 390 g/mol. The Bertz CT molecular complexity index is 711. The highest BCUT2D eigenvalue weighted by atomic mass is 79.9. The van der Waals surface area contributed by atoms with Crippen LogP contribution in [0.4, 0.5) is 0 Å². The van der Waals surface area contributed by atoms with Crippen molar-refractivity contribution in [1.82, 2.24) is 15.1 Å².